The van der Waals surface area contributed by atoms with Crippen molar-refractivity contribution in [1.82, 2.24) is 0 Å². The molecule has 0 aromatic heterocycles. The molecule has 0 aliphatic heterocycles. The molecule has 8 heteroatoms. The standard InChI is InChI=1S/C18H12F4O3S/c19-14-4-1-12(17(21)9-14)3-6-16(23)11-26(24,25)8-7-13-2-5-15(20)10-18(13)22/h1-10H,11H2/b6-3+,8-7-. The van der Waals surface area contributed by atoms with Crippen molar-refractivity contribution in [3.63, 3.8) is 0 Å². The largest absolute Gasteiger partial charge is 0.294 e. The van der Waals surface area contributed by atoms with Gasteiger partial charge in [0.2, 0.25) is 0 Å². The zero-order valence-corrected chi connectivity index (χ0v) is 13.9. The molecule has 2 aromatic carbocycles. The van der Waals surface area contributed by atoms with E-state index in [2.05, 4.69) is 0 Å². The van der Waals surface area contributed by atoms with Gasteiger partial charge in [0, 0.05) is 28.7 Å². The zero-order chi connectivity index (χ0) is 19.3. The van der Waals surface area contributed by atoms with Gasteiger partial charge in [-0.15, -0.1) is 0 Å². The molecule has 0 unspecified atom stereocenters. The van der Waals surface area contributed by atoms with Crippen molar-refractivity contribution in [1.29, 1.82) is 0 Å². The molecule has 2 aromatic rings. The van der Waals surface area contributed by atoms with Crippen molar-refractivity contribution in [3.05, 3.63) is 82.3 Å². The molecular weight excluding hydrogens is 372 g/mol. The molecule has 0 bridgehead atoms. The maximum atomic E-state index is 13.4. The summed E-state index contributed by atoms with van der Waals surface area (Å²) in [4.78, 5) is 11.7. The Hall–Kier alpha value is -2.74. The van der Waals surface area contributed by atoms with Crippen LogP contribution in [0.25, 0.3) is 12.2 Å². The molecule has 2 rings (SSSR count). The van der Waals surface area contributed by atoms with Crippen LogP contribution in [0.3, 0.4) is 0 Å². The van der Waals surface area contributed by atoms with Gasteiger partial charge in [-0.2, -0.15) is 0 Å². The molecule has 0 N–H and O–H groups in total. The number of rotatable bonds is 6. The number of benzene rings is 2. The summed E-state index contributed by atoms with van der Waals surface area (Å²) in [6.45, 7) is 0. The van der Waals surface area contributed by atoms with Crippen LogP contribution in [-0.4, -0.2) is 20.0 Å². The van der Waals surface area contributed by atoms with Crippen LogP contribution >= 0.6 is 0 Å². The summed E-state index contributed by atoms with van der Waals surface area (Å²) < 4.78 is 76.1. The molecule has 0 spiro atoms. The third-order valence-electron chi connectivity index (χ3n) is 3.17. The molecule has 0 heterocycles. The number of hydrogen-bond acceptors (Lipinski definition) is 3. The molecule has 0 atom stereocenters. The lowest BCUT2D eigenvalue weighted by molar-refractivity contribution is -0.112. The minimum absolute atomic E-state index is 0.0823. The third-order valence-corrected chi connectivity index (χ3v) is 4.41. The highest BCUT2D eigenvalue weighted by atomic mass is 32.2. The summed E-state index contributed by atoms with van der Waals surface area (Å²) in [7, 11) is -4.02. The first-order chi connectivity index (χ1) is 12.2. The predicted octanol–water partition coefficient (Wildman–Crippen LogP) is 3.91. The number of sulfone groups is 1. The van der Waals surface area contributed by atoms with E-state index in [4.69, 9.17) is 0 Å². The SMILES string of the molecule is O=C(/C=C/c1ccc(F)cc1F)CS(=O)(=O)/C=C\c1ccc(F)cc1F. The monoisotopic (exact) mass is 384 g/mol. The van der Waals surface area contributed by atoms with Gasteiger partial charge in [0.15, 0.2) is 15.6 Å². The van der Waals surface area contributed by atoms with Crippen molar-refractivity contribution in [2.75, 3.05) is 5.75 Å². The number of halogens is 4. The van der Waals surface area contributed by atoms with E-state index in [-0.39, 0.29) is 11.1 Å². The summed E-state index contributed by atoms with van der Waals surface area (Å²) >= 11 is 0. The van der Waals surface area contributed by atoms with E-state index in [1.54, 1.807) is 0 Å². The Morgan fingerprint density at radius 3 is 1.85 bits per heavy atom. The van der Waals surface area contributed by atoms with Crippen LogP contribution in [0.1, 0.15) is 11.1 Å². The highest BCUT2D eigenvalue weighted by Gasteiger charge is 2.12. The molecule has 3 nitrogen and oxygen atoms in total. The van der Waals surface area contributed by atoms with Crippen molar-refractivity contribution in [3.8, 4) is 0 Å². The molecule has 0 aliphatic carbocycles. The smallest absolute Gasteiger partial charge is 0.179 e. The molecule has 0 saturated carbocycles. The Morgan fingerprint density at radius 2 is 1.35 bits per heavy atom. The second-order valence-corrected chi connectivity index (χ2v) is 7.13. The molecule has 0 amide bonds. The quantitative estimate of drug-likeness (QED) is 0.561. The lowest BCUT2D eigenvalue weighted by Gasteiger charge is -1.99. The molecule has 0 radical (unpaired) electrons. The van der Waals surface area contributed by atoms with Crippen molar-refractivity contribution in [2.24, 2.45) is 0 Å². The maximum Gasteiger partial charge on any atom is 0.179 e. The normalized spacial score (nSPS) is 12.2. The first kappa shape index (κ1) is 19.6. The second-order valence-electron chi connectivity index (χ2n) is 5.24. The predicted molar refractivity (Wildman–Crippen MR) is 89.6 cm³/mol. The van der Waals surface area contributed by atoms with Crippen LogP contribution < -0.4 is 0 Å². The highest BCUT2D eigenvalue weighted by molar-refractivity contribution is 7.95. The Bertz CT molecular complexity index is 995. The summed E-state index contributed by atoms with van der Waals surface area (Å²) in [5.74, 6) is -5.22. The van der Waals surface area contributed by atoms with E-state index in [1.807, 2.05) is 0 Å². The van der Waals surface area contributed by atoms with Crippen LogP contribution in [0.15, 0.2) is 47.9 Å². The fraction of sp³-hybridized carbons (Fsp3) is 0.0556. The average Bonchev–Trinajstić information content (AvgIpc) is 2.52. The van der Waals surface area contributed by atoms with Crippen molar-refractivity contribution in [2.45, 2.75) is 0 Å². The molecule has 136 valence electrons. The summed E-state index contributed by atoms with van der Waals surface area (Å²) in [6, 6.07) is 5.32. The number of ketones is 1. The summed E-state index contributed by atoms with van der Waals surface area (Å²) in [5.41, 5.74) is -0.243. The van der Waals surface area contributed by atoms with Gasteiger partial charge in [0.1, 0.15) is 29.0 Å². The van der Waals surface area contributed by atoms with Gasteiger partial charge in [-0.25, -0.2) is 26.0 Å². The van der Waals surface area contributed by atoms with E-state index in [0.717, 1.165) is 42.5 Å². The number of allylic oxidation sites excluding steroid dienone is 1. The molecule has 26 heavy (non-hydrogen) atoms. The van der Waals surface area contributed by atoms with Gasteiger partial charge in [-0.3, -0.25) is 4.79 Å². The first-order valence-electron chi connectivity index (χ1n) is 7.18. The van der Waals surface area contributed by atoms with E-state index in [9.17, 15) is 30.8 Å². The molecule has 0 saturated heterocycles. The van der Waals surface area contributed by atoms with Gasteiger partial charge in [0.25, 0.3) is 0 Å². The highest BCUT2D eigenvalue weighted by Crippen LogP contribution is 2.13. The van der Waals surface area contributed by atoms with Crippen molar-refractivity contribution < 1.29 is 30.8 Å². The fourth-order valence-electron chi connectivity index (χ4n) is 1.93. The second kappa shape index (κ2) is 8.09. The summed E-state index contributed by atoms with van der Waals surface area (Å²) in [5, 5.41) is 0.632. The van der Waals surface area contributed by atoms with Crippen LogP contribution in [0.4, 0.5) is 17.6 Å². The number of carbonyl (C=O) groups is 1. The van der Waals surface area contributed by atoms with Crippen molar-refractivity contribution >= 4 is 27.8 Å². The minimum atomic E-state index is -4.02. The number of hydrogen-bond donors (Lipinski definition) is 0. The van der Waals surface area contributed by atoms with Gasteiger partial charge in [0.05, 0.1) is 0 Å². The van der Waals surface area contributed by atoms with Crippen LogP contribution in [0.5, 0.6) is 0 Å². The van der Waals surface area contributed by atoms with Gasteiger partial charge in [-0.1, -0.05) is 0 Å². The molecule has 0 aliphatic rings. The minimum Gasteiger partial charge on any atom is -0.294 e. The fourth-order valence-corrected chi connectivity index (χ4v) is 2.87. The Balaban J connectivity index is 2.07. The average molecular weight is 384 g/mol. The first-order valence-corrected chi connectivity index (χ1v) is 8.90. The third kappa shape index (κ3) is 5.66. The lowest BCUT2D eigenvalue weighted by Crippen LogP contribution is -2.11. The van der Waals surface area contributed by atoms with Crippen LogP contribution in [-0.2, 0) is 14.6 Å². The molecule has 0 fully saturated rings. The Kier molecular flexibility index (Phi) is 6.10. The van der Waals surface area contributed by atoms with E-state index >= 15 is 0 Å². The summed E-state index contributed by atoms with van der Waals surface area (Å²) in [6.07, 6.45) is 2.77. The maximum absolute atomic E-state index is 13.4. The Labute approximate surface area is 147 Å². The van der Waals surface area contributed by atoms with E-state index in [0.29, 0.717) is 17.5 Å². The van der Waals surface area contributed by atoms with Gasteiger partial charge in [-0.05, 0) is 42.5 Å². The van der Waals surface area contributed by atoms with E-state index in [1.165, 1.54) is 0 Å². The lowest BCUT2D eigenvalue weighted by atomic mass is 10.2. The van der Waals surface area contributed by atoms with Gasteiger partial charge >= 0.3 is 0 Å². The van der Waals surface area contributed by atoms with E-state index < -0.39 is 44.6 Å². The molecular formula is C18H12F4O3S. The van der Waals surface area contributed by atoms with Crippen LogP contribution in [0.2, 0.25) is 0 Å². The Morgan fingerprint density at radius 1 is 0.846 bits per heavy atom. The zero-order valence-electron chi connectivity index (χ0n) is 13.1. The van der Waals surface area contributed by atoms with Gasteiger partial charge < -0.3 is 0 Å². The van der Waals surface area contributed by atoms with Crippen LogP contribution in [0, 0.1) is 23.3 Å². The topological polar surface area (TPSA) is 51.2 Å². The number of carbonyl (C=O) groups excluding carboxylic acids is 1.